The van der Waals surface area contributed by atoms with Crippen LogP contribution in [0.3, 0.4) is 0 Å². The predicted molar refractivity (Wildman–Crippen MR) is 77.7 cm³/mol. The highest BCUT2D eigenvalue weighted by Gasteiger charge is 2.27. The summed E-state index contributed by atoms with van der Waals surface area (Å²) in [7, 11) is 0. The summed E-state index contributed by atoms with van der Waals surface area (Å²) >= 11 is 0. The van der Waals surface area contributed by atoms with E-state index in [4.69, 9.17) is 15.2 Å². The SMILES string of the molecule is CC1(COc2cccc(OCCN)c2)CCCCC1. The normalized spacial score (nSPS) is 18.0. The Labute approximate surface area is 116 Å². The minimum Gasteiger partial charge on any atom is -0.493 e. The Morgan fingerprint density at radius 3 is 2.47 bits per heavy atom. The molecule has 0 heterocycles. The van der Waals surface area contributed by atoms with Crippen LogP contribution in [0, 0.1) is 5.41 Å². The zero-order valence-corrected chi connectivity index (χ0v) is 11.9. The number of hydrogen-bond donors (Lipinski definition) is 1. The average Bonchev–Trinajstić information content (AvgIpc) is 2.44. The van der Waals surface area contributed by atoms with Crippen molar-refractivity contribution in [1.82, 2.24) is 0 Å². The van der Waals surface area contributed by atoms with Gasteiger partial charge in [0.05, 0.1) is 6.61 Å². The van der Waals surface area contributed by atoms with Crippen LogP contribution in [0.5, 0.6) is 11.5 Å². The van der Waals surface area contributed by atoms with Crippen LogP contribution in [-0.4, -0.2) is 19.8 Å². The maximum atomic E-state index is 5.96. The summed E-state index contributed by atoms with van der Waals surface area (Å²) in [5.41, 5.74) is 5.77. The highest BCUT2D eigenvalue weighted by molar-refractivity contribution is 5.33. The first-order chi connectivity index (χ1) is 9.22. The van der Waals surface area contributed by atoms with Crippen LogP contribution >= 0.6 is 0 Å². The zero-order chi connectivity index (χ0) is 13.6. The van der Waals surface area contributed by atoms with Gasteiger partial charge in [-0.1, -0.05) is 32.3 Å². The van der Waals surface area contributed by atoms with Crippen LogP contribution in [0.25, 0.3) is 0 Å². The van der Waals surface area contributed by atoms with Crippen LogP contribution in [-0.2, 0) is 0 Å². The van der Waals surface area contributed by atoms with Crippen molar-refractivity contribution in [2.24, 2.45) is 11.1 Å². The molecule has 3 heteroatoms. The summed E-state index contributed by atoms with van der Waals surface area (Å²) in [5, 5.41) is 0. The summed E-state index contributed by atoms with van der Waals surface area (Å²) in [4.78, 5) is 0. The van der Waals surface area contributed by atoms with Crippen LogP contribution in [0.4, 0.5) is 0 Å². The molecule has 0 aromatic heterocycles. The molecule has 1 aliphatic carbocycles. The fourth-order valence-electron chi connectivity index (χ4n) is 2.64. The molecule has 106 valence electrons. The van der Waals surface area contributed by atoms with Crippen molar-refractivity contribution < 1.29 is 9.47 Å². The van der Waals surface area contributed by atoms with Crippen molar-refractivity contribution in [2.75, 3.05) is 19.8 Å². The van der Waals surface area contributed by atoms with Gasteiger partial charge in [0.15, 0.2) is 0 Å². The second-order valence-electron chi connectivity index (χ2n) is 5.77. The van der Waals surface area contributed by atoms with E-state index in [9.17, 15) is 0 Å². The van der Waals surface area contributed by atoms with Crippen molar-refractivity contribution >= 4 is 0 Å². The standard InChI is InChI=1S/C16H25NO2/c1-16(8-3-2-4-9-16)13-19-15-7-5-6-14(12-15)18-11-10-17/h5-7,12H,2-4,8-11,13,17H2,1H3. The lowest BCUT2D eigenvalue weighted by Crippen LogP contribution is -2.27. The minimum atomic E-state index is 0.340. The van der Waals surface area contributed by atoms with E-state index in [1.54, 1.807) is 0 Å². The van der Waals surface area contributed by atoms with Gasteiger partial charge in [0, 0.05) is 18.0 Å². The summed E-state index contributed by atoms with van der Waals surface area (Å²) in [6.07, 6.45) is 6.59. The largest absolute Gasteiger partial charge is 0.493 e. The third-order valence-electron chi connectivity index (χ3n) is 3.84. The van der Waals surface area contributed by atoms with E-state index in [0.29, 0.717) is 18.6 Å². The summed E-state index contributed by atoms with van der Waals surface area (Å²) < 4.78 is 11.5. The number of hydrogen-bond acceptors (Lipinski definition) is 3. The molecule has 0 aliphatic heterocycles. The quantitative estimate of drug-likeness (QED) is 0.855. The van der Waals surface area contributed by atoms with Crippen LogP contribution in [0.2, 0.25) is 0 Å². The Morgan fingerprint density at radius 2 is 1.79 bits per heavy atom. The second kappa shape index (κ2) is 6.80. The van der Waals surface area contributed by atoms with Gasteiger partial charge >= 0.3 is 0 Å². The van der Waals surface area contributed by atoms with Crippen LogP contribution in [0.15, 0.2) is 24.3 Å². The minimum absolute atomic E-state index is 0.340. The van der Waals surface area contributed by atoms with Crippen molar-refractivity contribution in [3.63, 3.8) is 0 Å². The highest BCUT2D eigenvalue weighted by Crippen LogP contribution is 2.36. The van der Waals surface area contributed by atoms with Gasteiger partial charge in [-0.2, -0.15) is 0 Å². The molecule has 1 aliphatic rings. The molecule has 0 bridgehead atoms. The molecule has 2 N–H and O–H groups in total. The van der Waals surface area contributed by atoms with Crippen molar-refractivity contribution in [3.05, 3.63) is 24.3 Å². The first-order valence-corrected chi connectivity index (χ1v) is 7.28. The van der Waals surface area contributed by atoms with Gasteiger partial charge in [-0.25, -0.2) is 0 Å². The van der Waals surface area contributed by atoms with Gasteiger partial charge in [0.2, 0.25) is 0 Å². The molecule has 0 atom stereocenters. The fourth-order valence-corrected chi connectivity index (χ4v) is 2.64. The predicted octanol–water partition coefficient (Wildman–Crippen LogP) is 3.37. The lowest BCUT2D eigenvalue weighted by molar-refractivity contribution is 0.116. The molecule has 0 amide bonds. The zero-order valence-electron chi connectivity index (χ0n) is 11.9. The Morgan fingerprint density at radius 1 is 1.11 bits per heavy atom. The van der Waals surface area contributed by atoms with Crippen molar-refractivity contribution in [1.29, 1.82) is 0 Å². The van der Waals surface area contributed by atoms with Gasteiger partial charge in [-0.15, -0.1) is 0 Å². The fraction of sp³-hybridized carbons (Fsp3) is 0.625. The molecule has 1 fully saturated rings. The van der Waals surface area contributed by atoms with Gasteiger partial charge in [0.1, 0.15) is 18.1 Å². The Balaban J connectivity index is 1.88. The lowest BCUT2D eigenvalue weighted by Gasteiger charge is -2.33. The molecule has 0 radical (unpaired) electrons. The van der Waals surface area contributed by atoms with Crippen LogP contribution in [0.1, 0.15) is 39.0 Å². The Bertz CT molecular complexity index is 386. The first-order valence-electron chi connectivity index (χ1n) is 7.28. The van der Waals surface area contributed by atoms with E-state index >= 15 is 0 Å². The van der Waals surface area contributed by atoms with Crippen molar-refractivity contribution in [3.8, 4) is 11.5 Å². The van der Waals surface area contributed by atoms with Gasteiger partial charge in [-0.05, 0) is 25.0 Å². The number of nitrogens with two attached hydrogens (primary N) is 1. The molecule has 1 saturated carbocycles. The van der Waals surface area contributed by atoms with E-state index < -0.39 is 0 Å². The number of benzene rings is 1. The molecule has 0 saturated heterocycles. The molecule has 0 spiro atoms. The van der Waals surface area contributed by atoms with E-state index in [1.807, 2.05) is 24.3 Å². The monoisotopic (exact) mass is 263 g/mol. The maximum Gasteiger partial charge on any atom is 0.123 e. The smallest absolute Gasteiger partial charge is 0.123 e. The maximum absolute atomic E-state index is 5.96. The molecule has 1 aromatic carbocycles. The summed E-state index contributed by atoms with van der Waals surface area (Å²) in [5.74, 6) is 1.72. The third-order valence-corrected chi connectivity index (χ3v) is 3.84. The van der Waals surface area contributed by atoms with E-state index in [1.165, 1.54) is 32.1 Å². The summed E-state index contributed by atoms with van der Waals surface area (Å²) in [6, 6.07) is 7.83. The van der Waals surface area contributed by atoms with E-state index in [-0.39, 0.29) is 0 Å². The number of ether oxygens (including phenoxy) is 2. The Hall–Kier alpha value is -1.22. The molecule has 1 aromatic rings. The first kappa shape index (κ1) is 14.2. The number of rotatable bonds is 6. The summed E-state index contributed by atoms with van der Waals surface area (Å²) in [6.45, 7) is 4.21. The average molecular weight is 263 g/mol. The second-order valence-corrected chi connectivity index (χ2v) is 5.77. The van der Waals surface area contributed by atoms with Crippen molar-refractivity contribution in [2.45, 2.75) is 39.0 Å². The molecule has 19 heavy (non-hydrogen) atoms. The molecule has 3 nitrogen and oxygen atoms in total. The lowest BCUT2D eigenvalue weighted by atomic mass is 9.76. The van der Waals surface area contributed by atoms with E-state index in [2.05, 4.69) is 6.92 Å². The third kappa shape index (κ3) is 4.43. The molecular formula is C16H25NO2. The molecular weight excluding hydrogens is 238 g/mol. The highest BCUT2D eigenvalue weighted by atomic mass is 16.5. The van der Waals surface area contributed by atoms with Gasteiger partial charge < -0.3 is 15.2 Å². The Kier molecular flexibility index (Phi) is 5.08. The van der Waals surface area contributed by atoms with Crippen LogP contribution < -0.4 is 15.2 Å². The van der Waals surface area contributed by atoms with Gasteiger partial charge in [0.25, 0.3) is 0 Å². The molecule has 2 rings (SSSR count). The van der Waals surface area contributed by atoms with E-state index in [0.717, 1.165) is 18.1 Å². The molecule has 0 unspecified atom stereocenters. The topological polar surface area (TPSA) is 44.5 Å². The van der Waals surface area contributed by atoms with Gasteiger partial charge in [-0.3, -0.25) is 0 Å².